The number of carbonyl (C=O) groups excluding carboxylic acids is 2. The highest BCUT2D eigenvalue weighted by molar-refractivity contribution is 7.17. The van der Waals surface area contributed by atoms with Crippen molar-refractivity contribution in [3.8, 4) is 0 Å². The number of aldehydes is 1. The molecule has 0 aliphatic heterocycles. The molecule has 0 unspecified atom stereocenters. The maximum absolute atomic E-state index is 11.4. The first kappa shape index (κ1) is 10.8. The number of hydrogen-bond acceptors (Lipinski definition) is 5. The van der Waals surface area contributed by atoms with Crippen LogP contribution in [0, 0.1) is 0 Å². The van der Waals surface area contributed by atoms with Crippen LogP contribution in [0.4, 0.5) is 0 Å². The third-order valence-electron chi connectivity index (χ3n) is 2.08. The smallest absolute Gasteiger partial charge is 0.339 e. The van der Waals surface area contributed by atoms with E-state index in [0.717, 1.165) is 11.0 Å². The number of aromatic nitrogens is 1. The van der Waals surface area contributed by atoms with Crippen molar-refractivity contribution < 1.29 is 14.3 Å². The lowest BCUT2D eigenvalue weighted by Gasteiger charge is -2.00. The molecule has 82 valence electrons. The van der Waals surface area contributed by atoms with Gasteiger partial charge in [-0.1, -0.05) is 0 Å². The van der Waals surface area contributed by atoms with Gasteiger partial charge in [0, 0.05) is 11.6 Å². The third kappa shape index (κ3) is 1.81. The molecule has 2 aromatic rings. The van der Waals surface area contributed by atoms with Gasteiger partial charge in [-0.05, 0) is 13.0 Å². The Bertz CT molecular complexity index is 547. The minimum Gasteiger partial charge on any atom is -0.462 e. The highest BCUT2D eigenvalue weighted by atomic mass is 32.1. The number of thiophene rings is 1. The summed E-state index contributed by atoms with van der Waals surface area (Å²) in [5.41, 5.74) is 1.59. The van der Waals surface area contributed by atoms with Crippen LogP contribution in [-0.2, 0) is 4.74 Å². The summed E-state index contributed by atoms with van der Waals surface area (Å²) >= 11 is 1.39. The predicted molar refractivity (Wildman–Crippen MR) is 61.0 cm³/mol. The van der Waals surface area contributed by atoms with Crippen LogP contribution >= 0.6 is 11.3 Å². The van der Waals surface area contributed by atoms with E-state index in [1.54, 1.807) is 18.4 Å². The van der Waals surface area contributed by atoms with E-state index in [1.807, 2.05) is 0 Å². The van der Waals surface area contributed by atoms with Gasteiger partial charge in [0.2, 0.25) is 0 Å². The van der Waals surface area contributed by atoms with Gasteiger partial charge in [-0.25, -0.2) is 4.79 Å². The average Bonchev–Trinajstić information content (AvgIpc) is 2.71. The van der Waals surface area contributed by atoms with Gasteiger partial charge in [0.25, 0.3) is 0 Å². The van der Waals surface area contributed by atoms with Crippen LogP contribution in [0.3, 0.4) is 0 Å². The van der Waals surface area contributed by atoms with E-state index in [0.29, 0.717) is 23.3 Å². The zero-order chi connectivity index (χ0) is 11.5. The summed E-state index contributed by atoms with van der Waals surface area (Å²) in [6, 6.07) is 1.69. The van der Waals surface area contributed by atoms with Crippen LogP contribution < -0.4 is 0 Å². The number of esters is 1. The van der Waals surface area contributed by atoms with Crippen LogP contribution in [0.15, 0.2) is 17.6 Å². The summed E-state index contributed by atoms with van der Waals surface area (Å²) in [6.45, 7) is 2.08. The van der Waals surface area contributed by atoms with Gasteiger partial charge in [-0.3, -0.25) is 9.78 Å². The Morgan fingerprint density at radius 3 is 3.12 bits per heavy atom. The molecule has 0 amide bonds. The topological polar surface area (TPSA) is 56.3 Å². The molecule has 0 spiro atoms. The largest absolute Gasteiger partial charge is 0.462 e. The van der Waals surface area contributed by atoms with Gasteiger partial charge in [0.15, 0.2) is 6.29 Å². The minimum atomic E-state index is -0.391. The monoisotopic (exact) mass is 235 g/mol. The van der Waals surface area contributed by atoms with E-state index in [2.05, 4.69) is 4.98 Å². The molecule has 0 radical (unpaired) electrons. The second-order valence-corrected chi connectivity index (χ2v) is 4.01. The molecule has 2 heterocycles. The highest BCUT2D eigenvalue weighted by Crippen LogP contribution is 2.23. The zero-order valence-electron chi connectivity index (χ0n) is 8.60. The Morgan fingerprint density at radius 2 is 2.44 bits per heavy atom. The molecule has 0 aliphatic carbocycles. The van der Waals surface area contributed by atoms with Crippen LogP contribution in [0.2, 0.25) is 0 Å². The van der Waals surface area contributed by atoms with Crippen molar-refractivity contribution in [2.24, 2.45) is 0 Å². The van der Waals surface area contributed by atoms with Crippen LogP contribution in [0.5, 0.6) is 0 Å². The summed E-state index contributed by atoms with van der Waals surface area (Å²) in [5, 5.41) is 1.72. The first-order valence-electron chi connectivity index (χ1n) is 4.75. The molecular weight excluding hydrogens is 226 g/mol. The summed E-state index contributed by atoms with van der Waals surface area (Å²) in [6.07, 6.45) is 2.19. The molecule has 16 heavy (non-hydrogen) atoms. The quantitative estimate of drug-likeness (QED) is 0.605. The van der Waals surface area contributed by atoms with Gasteiger partial charge in [-0.15, -0.1) is 11.3 Å². The third-order valence-corrected chi connectivity index (χ3v) is 3.01. The molecule has 0 atom stereocenters. The lowest BCUT2D eigenvalue weighted by atomic mass is 10.2. The molecule has 0 fully saturated rings. The maximum atomic E-state index is 11.4. The second-order valence-electron chi connectivity index (χ2n) is 3.10. The number of hydrogen-bond donors (Lipinski definition) is 0. The highest BCUT2D eigenvalue weighted by Gasteiger charge is 2.10. The SMILES string of the molecule is CCOC(=O)c1cnc2c(C=O)csc2c1. The van der Waals surface area contributed by atoms with Crippen molar-refractivity contribution in [3.63, 3.8) is 0 Å². The van der Waals surface area contributed by atoms with E-state index in [9.17, 15) is 9.59 Å². The summed E-state index contributed by atoms with van der Waals surface area (Å²) < 4.78 is 5.68. The molecule has 0 saturated heterocycles. The molecule has 4 nitrogen and oxygen atoms in total. The van der Waals surface area contributed by atoms with Crippen LogP contribution in [0.25, 0.3) is 10.2 Å². The summed E-state index contributed by atoms with van der Waals surface area (Å²) in [7, 11) is 0. The molecule has 0 aromatic carbocycles. The lowest BCUT2D eigenvalue weighted by Crippen LogP contribution is -2.04. The number of carbonyl (C=O) groups is 2. The van der Waals surface area contributed by atoms with Crippen LogP contribution in [0.1, 0.15) is 27.6 Å². The summed E-state index contributed by atoms with van der Waals surface area (Å²) in [4.78, 5) is 26.2. The number of pyridine rings is 1. The minimum absolute atomic E-state index is 0.334. The first-order chi connectivity index (χ1) is 7.76. The molecule has 0 saturated carbocycles. The molecule has 0 bridgehead atoms. The average molecular weight is 235 g/mol. The first-order valence-corrected chi connectivity index (χ1v) is 5.63. The predicted octanol–water partition coefficient (Wildman–Crippen LogP) is 2.29. The van der Waals surface area contributed by atoms with Crippen LogP contribution in [-0.4, -0.2) is 23.8 Å². The zero-order valence-corrected chi connectivity index (χ0v) is 9.41. The molecule has 2 aromatic heterocycles. The maximum Gasteiger partial charge on any atom is 0.339 e. The van der Waals surface area contributed by atoms with E-state index in [-0.39, 0.29) is 0 Å². The van der Waals surface area contributed by atoms with Crippen molar-refractivity contribution in [3.05, 3.63) is 28.8 Å². The fraction of sp³-hybridized carbons (Fsp3) is 0.182. The Balaban J connectivity index is 2.45. The van der Waals surface area contributed by atoms with E-state index >= 15 is 0 Å². The van der Waals surface area contributed by atoms with Gasteiger partial charge < -0.3 is 4.74 Å². The normalized spacial score (nSPS) is 10.3. The fourth-order valence-corrected chi connectivity index (χ4v) is 2.24. The van der Waals surface area contributed by atoms with E-state index < -0.39 is 5.97 Å². The Kier molecular flexibility index (Phi) is 2.96. The molecule has 2 rings (SSSR count). The van der Waals surface area contributed by atoms with Gasteiger partial charge >= 0.3 is 5.97 Å². The molecule has 0 aliphatic rings. The Morgan fingerprint density at radius 1 is 1.62 bits per heavy atom. The fourth-order valence-electron chi connectivity index (χ4n) is 1.34. The van der Waals surface area contributed by atoms with Gasteiger partial charge in [0.1, 0.15) is 0 Å². The van der Waals surface area contributed by atoms with E-state index in [1.165, 1.54) is 17.5 Å². The number of fused-ring (bicyclic) bond motifs is 1. The van der Waals surface area contributed by atoms with Crippen molar-refractivity contribution in [1.82, 2.24) is 4.98 Å². The Hall–Kier alpha value is -1.75. The van der Waals surface area contributed by atoms with E-state index in [4.69, 9.17) is 4.74 Å². The molecular formula is C11H9NO3S. The number of ether oxygens (including phenoxy) is 1. The number of nitrogens with zero attached hydrogens (tertiary/aromatic N) is 1. The molecule has 5 heteroatoms. The molecule has 0 N–H and O–H groups in total. The Labute approximate surface area is 95.9 Å². The van der Waals surface area contributed by atoms with Crippen molar-refractivity contribution in [2.45, 2.75) is 6.92 Å². The summed E-state index contributed by atoms with van der Waals surface area (Å²) in [5.74, 6) is -0.391. The van der Waals surface area contributed by atoms with Gasteiger partial charge in [-0.2, -0.15) is 0 Å². The number of rotatable bonds is 3. The van der Waals surface area contributed by atoms with Crippen molar-refractivity contribution in [2.75, 3.05) is 6.61 Å². The van der Waals surface area contributed by atoms with Crippen molar-refractivity contribution >= 4 is 33.8 Å². The van der Waals surface area contributed by atoms with Gasteiger partial charge in [0.05, 0.1) is 28.0 Å². The lowest BCUT2D eigenvalue weighted by molar-refractivity contribution is 0.0526. The standard InChI is InChI=1S/C11H9NO3S/c1-2-15-11(14)7-3-9-10(12-4-7)8(5-13)6-16-9/h3-6H,2H2,1H3. The second kappa shape index (κ2) is 4.40. The van der Waals surface area contributed by atoms with Crippen molar-refractivity contribution in [1.29, 1.82) is 0 Å².